The third-order valence-electron chi connectivity index (χ3n) is 7.11. The fraction of sp³-hybridized carbons (Fsp3) is 0.469. The number of aromatic nitrogens is 4. The number of hydrogen-bond acceptors (Lipinski definition) is 6. The Morgan fingerprint density at radius 3 is 2.32 bits per heavy atom. The summed E-state index contributed by atoms with van der Waals surface area (Å²) < 4.78 is 13.1. The van der Waals surface area contributed by atoms with E-state index in [2.05, 4.69) is 44.7 Å². The van der Waals surface area contributed by atoms with Crippen molar-refractivity contribution in [2.45, 2.75) is 90.7 Å². The Kier molecular flexibility index (Phi) is 12.5. The molecular weight excluding hydrogens is 536 g/mol. The van der Waals surface area contributed by atoms with Crippen LogP contribution < -0.4 is 10.1 Å². The van der Waals surface area contributed by atoms with Gasteiger partial charge in [0.25, 0.3) is 0 Å². The van der Waals surface area contributed by atoms with Gasteiger partial charge in [0, 0.05) is 5.56 Å². The van der Waals surface area contributed by atoms with Crippen LogP contribution in [0, 0.1) is 0 Å². The number of fused-ring (bicyclic) bond motifs is 1. The lowest BCUT2D eigenvalue weighted by Gasteiger charge is -2.13. The van der Waals surface area contributed by atoms with Crippen molar-refractivity contribution in [2.24, 2.45) is 4.99 Å². The highest BCUT2D eigenvalue weighted by Gasteiger charge is 2.18. The van der Waals surface area contributed by atoms with Crippen molar-refractivity contribution in [3.63, 3.8) is 0 Å². The number of H-pyrrole nitrogens is 1. The zero-order valence-electron chi connectivity index (χ0n) is 24.3. The fourth-order valence-corrected chi connectivity index (χ4v) is 4.90. The van der Waals surface area contributed by atoms with Crippen molar-refractivity contribution < 1.29 is 9.47 Å². The predicted octanol–water partition coefficient (Wildman–Crippen LogP) is 8.49. The summed E-state index contributed by atoms with van der Waals surface area (Å²) in [6.45, 7) is 4.33. The highest BCUT2D eigenvalue weighted by atomic mass is 35.5. The molecule has 1 unspecified atom stereocenters. The van der Waals surface area contributed by atoms with Gasteiger partial charge in [-0.2, -0.15) is 0 Å². The topological polar surface area (TPSA) is 88.8 Å². The largest absolute Gasteiger partial charge is 0.465 e. The molecule has 2 aromatic heterocycles. The van der Waals surface area contributed by atoms with Crippen LogP contribution in [0.5, 0.6) is 5.88 Å². The average Bonchev–Trinajstić information content (AvgIpc) is 3.55. The molecule has 1 atom stereocenters. The Hall–Kier alpha value is -3.36. The Morgan fingerprint density at radius 2 is 1.61 bits per heavy atom. The molecule has 0 spiro atoms. The number of halogens is 1. The minimum absolute atomic E-state index is 0.181. The van der Waals surface area contributed by atoms with Gasteiger partial charge in [0.2, 0.25) is 5.88 Å². The van der Waals surface area contributed by atoms with E-state index in [1.54, 1.807) is 4.52 Å². The lowest BCUT2D eigenvalue weighted by Crippen LogP contribution is -2.32. The van der Waals surface area contributed by atoms with Crippen LogP contribution in [0.2, 0.25) is 5.02 Å². The quantitative estimate of drug-likeness (QED) is 0.0504. The molecule has 2 N–H and O–H groups in total. The minimum Gasteiger partial charge on any atom is -0.465 e. The molecule has 220 valence electrons. The molecule has 2 heterocycles. The highest BCUT2D eigenvalue weighted by molar-refractivity contribution is 6.34. The Labute approximate surface area is 248 Å². The molecule has 0 saturated heterocycles. The van der Waals surface area contributed by atoms with Gasteiger partial charge < -0.3 is 9.47 Å². The molecule has 0 aliphatic carbocycles. The van der Waals surface area contributed by atoms with E-state index < -0.39 is 0 Å². The van der Waals surface area contributed by atoms with Crippen molar-refractivity contribution in [3.8, 4) is 17.3 Å². The number of aromatic amines is 1. The van der Waals surface area contributed by atoms with E-state index in [9.17, 15) is 0 Å². The second-order valence-corrected chi connectivity index (χ2v) is 10.8. The van der Waals surface area contributed by atoms with Crippen molar-refractivity contribution in [1.29, 1.82) is 0 Å². The second-order valence-electron chi connectivity index (χ2n) is 10.4. The van der Waals surface area contributed by atoms with Gasteiger partial charge >= 0.3 is 0 Å². The zero-order valence-corrected chi connectivity index (χ0v) is 25.1. The lowest BCUT2D eigenvalue weighted by molar-refractivity contribution is 0.136. The number of nitrogens with one attached hydrogen (secondary N) is 2. The van der Waals surface area contributed by atoms with Gasteiger partial charge in [-0.05, 0) is 37.5 Å². The van der Waals surface area contributed by atoms with Crippen LogP contribution in [0.15, 0.2) is 59.6 Å². The summed E-state index contributed by atoms with van der Waals surface area (Å²) in [5.74, 6) is 1.06. The Bertz CT molecular complexity index is 1320. The van der Waals surface area contributed by atoms with Crippen LogP contribution in [-0.4, -0.2) is 39.2 Å². The van der Waals surface area contributed by atoms with Gasteiger partial charge in [0.05, 0.1) is 5.69 Å². The third kappa shape index (κ3) is 9.61. The van der Waals surface area contributed by atoms with Crippen molar-refractivity contribution in [3.05, 3.63) is 65.2 Å². The molecule has 8 nitrogen and oxygen atoms in total. The summed E-state index contributed by atoms with van der Waals surface area (Å²) in [6.07, 6.45) is 15.9. The Balaban J connectivity index is 1.11. The van der Waals surface area contributed by atoms with Gasteiger partial charge in [-0.3, -0.25) is 5.10 Å². The maximum atomic E-state index is 6.45. The van der Waals surface area contributed by atoms with E-state index in [0.29, 0.717) is 22.4 Å². The van der Waals surface area contributed by atoms with Crippen LogP contribution in [-0.2, 0) is 11.2 Å². The molecule has 0 bridgehead atoms. The van der Waals surface area contributed by atoms with E-state index in [1.807, 2.05) is 49.4 Å². The van der Waals surface area contributed by atoms with Crippen LogP contribution in [0.3, 0.4) is 0 Å². The number of aliphatic imine (C=N–C) groups is 1. The first kappa shape index (κ1) is 30.6. The number of aryl methyl sites for hydroxylation is 1. The van der Waals surface area contributed by atoms with Gasteiger partial charge in [-0.15, -0.1) is 10.2 Å². The first-order valence-electron chi connectivity index (χ1n) is 15.0. The third-order valence-corrected chi connectivity index (χ3v) is 7.45. The number of rotatable bonds is 19. The van der Waals surface area contributed by atoms with Crippen molar-refractivity contribution >= 4 is 29.3 Å². The normalized spacial score (nSPS) is 12.4. The average molecular weight is 579 g/mol. The van der Waals surface area contributed by atoms with Crippen LogP contribution >= 0.6 is 11.6 Å². The lowest BCUT2D eigenvalue weighted by atomic mass is 10.0. The smallest absolute Gasteiger partial charge is 0.230 e. The molecule has 0 fully saturated rings. The number of hydrogen-bond donors (Lipinski definition) is 2. The van der Waals surface area contributed by atoms with E-state index in [0.717, 1.165) is 17.7 Å². The molecule has 0 aliphatic heterocycles. The molecule has 4 rings (SSSR count). The highest BCUT2D eigenvalue weighted by Crippen LogP contribution is 2.30. The fourth-order valence-electron chi connectivity index (χ4n) is 4.68. The summed E-state index contributed by atoms with van der Waals surface area (Å²) in [5.41, 5.74) is 3.66. The first-order valence-corrected chi connectivity index (χ1v) is 15.3. The Morgan fingerprint density at radius 1 is 0.927 bits per heavy atom. The second kappa shape index (κ2) is 16.8. The zero-order chi connectivity index (χ0) is 28.7. The molecule has 0 saturated carbocycles. The maximum Gasteiger partial charge on any atom is 0.230 e. The number of unbranched alkanes of at least 4 members (excludes halogenated alkanes) is 9. The monoisotopic (exact) mass is 578 g/mol. The van der Waals surface area contributed by atoms with Gasteiger partial charge in [0.15, 0.2) is 24.1 Å². The van der Waals surface area contributed by atoms with E-state index in [-0.39, 0.29) is 13.0 Å². The van der Waals surface area contributed by atoms with Crippen LogP contribution in [0.25, 0.3) is 17.0 Å². The number of ether oxygens (including phenoxy) is 2. The standard InChI is InChI=1S/C32H43ClN6O2/c1-3-4-5-6-7-8-9-10-11-13-16-26-19-21-28(22-20-26)35-24-40-25(2)34-23-41-32-29(33)31-37-36-30(39(31)38-32)27-17-14-12-15-18-27/h12,14-15,17-22,24-25,34,38H,3-11,13,16,23H2,1-2H3. The van der Waals surface area contributed by atoms with Gasteiger partial charge in [-0.1, -0.05) is 119 Å². The van der Waals surface area contributed by atoms with Gasteiger partial charge in [0.1, 0.15) is 11.8 Å². The van der Waals surface area contributed by atoms with Crippen LogP contribution in [0.4, 0.5) is 5.69 Å². The first-order chi connectivity index (χ1) is 20.2. The molecule has 41 heavy (non-hydrogen) atoms. The number of nitrogens with zero attached hydrogens (tertiary/aromatic N) is 4. The maximum absolute atomic E-state index is 6.45. The minimum atomic E-state index is -0.311. The predicted molar refractivity (Wildman–Crippen MR) is 167 cm³/mol. The molecule has 9 heteroatoms. The molecule has 4 aromatic rings. The van der Waals surface area contributed by atoms with Crippen molar-refractivity contribution in [1.82, 2.24) is 25.1 Å². The SMILES string of the molecule is CCCCCCCCCCCCc1ccc(N=COC(C)NCOc2[nH]n3c(-c4ccccc4)nnc3c2Cl)cc1. The van der Waals surface area contributed by atoms with E-state index in [4.69, 9.17) is 21.1 Å². The van der Waals surface area contributed by atoms with Crippen LogP contribution in [0.1, 0.15) is 83.6 Å². The molecular formula is C32H43ClN6O2. The summed E-state index contributed by atoms with van der Waals surface area (Å²) in [7, 11) is 0. The molecule has 0 amide bonds. The molecule has 2 aromatic carbocycles. The summed E-state index contributed by atoms with van der Waals surface area (Å²) in [6, 6.07) is 18.2. The van der Waals surface area contributed by atoms with E-state index in [1.165, 1.54) is 76.2 Å². The van der Waals surface area contributed by atoms with E-state index >= 15 is 0 Å². The van der Waals surface area contributed by atoms with Gasteiger partial charge in [-0.25, -0.2) is 14.8 Å². The summed E-state index contributed by atoms with van der Waals surface area (Å²) in [5, 5.41) is 15.0. The molecule has 0 radical (unpaired) electrons. The molecule has 0 aliphatic rings. The van der Waals surface area contributed by atoms with Crippen molar-refractivity contribution in [2.75, 3.05) is 6.73 Å². The summed E-state index contributed by atoms with van der Waals surface area (Å²) in [4.78, 5) is 4.41. The summed E-state index contributed by atoms with van der Waals surface area (Å²) >= 11 is 6.45. The number of benzene rings is 2.